The van der Waals surface area contributed by atoms with E-state index in [-0.39, 0.29) is 17.7 Å². The Morgan fingerprint density at radius 1 is 1.69 bits per heavy atom. The summed E-state index contributed by atoms with van der Waals surface area (Å²) < 4.78 is 30.7. The Balaban J connectivity index is 3.19. The Morgan fingerprint density at radius 3 is 2.81 bits per heavy atom. The Hall–Kier alpha value is -0.310. The van der Waals surface area contributed by atoms with E-state index in [2.05, 4.69) is 25.7 Å². The number of nitrogens with zero attached hydrogens (tertiary/aromatic N) is 1. The predicted molar refractivity (Wildman–Crippen MR) is 65.3 cm³/mol. The average molecular weight is 406 g/mol. The molecule has 7 heteroatoms. The van der Waals surface area contributed by atoms with E-state index >= 15 is 0 Å². The minimum absolute atomic E-state index is 0.169. The maximum atomic E-state index is 12.7. The van der Waals surface area contributed by atoms with Gasteiger partial charge in [0.25, 0.3) is 6.43 Å². The fourth-order valence-corrected chi connectivity index (χ4v) is 2.66. The molecule has 0 saturated carbocycles. The highest BCUT2D eigenvalue weighted by Gasteiger charge is 2.20. The second-order valence-corrected chi connectivity index (χ2v) is 4.80. The van der Waals surface area contributed by atoms with Crippen LogP contribution in [0.2, 0.25) is 0 Å². The minimum Gasteiger partial charge on any atom is -0.469 e. The van der Waals surface area contributed by atoms with E-state index in [9.17, 15) is 13.6 Å². The highest BCUT2D eigenvalue weighted by atomic mass is 127. The van der Waals surface area contributed by atoms with Gasteiger partial charge < -0.3 is 4.74 Å². The lowest BCUT2D eigenvalue weighted by Gasteiger charge is -2.09. The van der Waals surface area contributed by atoms with E-state index in [0.717, 1.165) is 0 Å². The summed E-state index contributed by atoms with van der Waals surface area (Å²) >= 11 is 4.97. The Labute approximate surface area is 113 Å². The monoisotopic (exact) mass is 405 g/mol. The molecule has 0 amide bonds. The molecular formula is C9H7BrF2INO2. The van der Waals surface area contributed by atoms with Gasteiger partial charge in [-0.25, -0.2) is 13.8 Å². The van der Waals surface area contributed by atoms with Gasteiger partial charge in [0.15, 0.2) is 0 Å². The zero-order valence-corrected chi connectivity index (χ0v) is 11.9. The molecule has 0 saturated heterocycles. The number of esters is 1. The first-order valence-corrected chi connectivity index (χ1v) is 6.02. The van der Waals surface area contributed by atoms with Crippen molar-refractivity contribution in [3.05, 3.63) is 25.5 Å². The smallest absolute Gasteiger partial charge is 0.310 e. The maximum Gasteiger partial charge on any atom is 0.310 e. The SMILES string of the molecule is COC(=O)Cc1c(Br)cc(I)nc1C(F)F. The van der Waals surface area contributed by atoms with Crippen LogP contribution in [0.3, 0.4) is 0 Å². The van der Waals surface area contributed by atoms with Crippen LogP contribution in [0.25, 0.3) is 0 Å². The first kappa shape index (κ1) is 13.8. The van der Waals surface area contributed by atoms with Crippen molar-refractivity contribution in [3.63, 3.8) is 0 Å². The van der Waals surface area contributed by atoms with Crippen molar-refractivity contribution in [2.24, 2.45) is 0 Å². The predicted octanol–water partition coefficient (Wildman–Crippen LogP) is 3.10. The first-order valence-electron chi connectivity index (χ1n) is 4.15. The highest BCUT2D eigenvalue weighted by Crippen LogP contribution is 2.29. The number of hydrogen-bond donors (Lipinski definition) is 0. The van der Waals surface area contributed by atoms with Gasteiger partial charge in [-0.15, -0.1) is 0 Å². The Morgan fingerprint density at radius 2 is 2.31 bits per heavy atom. The lowest BCUT2D eigenvalue weighted by atomic mass is 10.1. The van der Waals surface area contributed by atoms with Gasteiger partial charge in [-0.3, -0.25) is 4.79 Å². The molecule has 0 radical (unpaired) electrons. The summed E-state index contributed by atoms with van der Waals surface area (Å²) in [6.07, 6.45) is -2.94. The molecule has 0 bridgehead atoms. The van der Waals surface area contributed by atoms with Crippen LogP contribution >= 0.6 is 38.5 Å². The van der Waals surface area contributed by atoms with Gasteiger partial charge in [0.1, 0.15) is 9.39 Å². The number of hydrogen-bond acceptors (Lipinski definition) is 3. The molecule has 1 rings (SSSR count). The summed E-state index contributed by atoms with van der Waals surface area (Å²) in [5.41, 5.74) is -0.216. The molecule has 1 aromatic rings. The fraction of sp³-hybridized carbons (Fsp3) is 0.333. The molecule has 0 aliphatic rings. The number of pyridine rings is 1. The van der Waals surface area contributed by atoms with Crippen molar-refractivity contribution < 1.29 is 18.3 Å². The largest absolute Gasteiger partial charge is 0.469 e. The number of carbonyl (C=O) groups excluding carboxylic acids is 1. The van der Waals surface area contributed by atoms with Gasteiger partial charge in [0.2, 0.25) is 0 Å². The van der Waals surface area contributed by atoms with Gasteiger partial charge >= 0.3 is 5.97 Å². The summed E-state index contributed by atoms with van der Waals surface area (Å²) in [5.74, 6) is -0.578. The molecule has 1 heterocycles. The standard InChI is InChI=1S/C9H7BrF2INO2/c1-16-7(15)2-4-5(10)3-6(13)14-8(4)9(11)12/h3,9H,2H2,1H3. The van der Waals surface area contributed by atoms with Crippen LogP contribution in [-0.4, -0.2) is 18.1 Å². The summed E-state index contributed by atoms with van der Waals surface area (Å²) in [7, 11) is 1.21. The van der Waals surface area contributed by atoms with E-state index in [1.165, 1.54) is 7.11 Å². The number of methoxy groups -OCH3 is 1. The summed E-state index contributed by atoms with van der Waals surface area (Å²) in [5, 5.41) is 0. The number of aromatic nitrogens is 1. The van der Waals surface area contributed by atoms with Crippen molar-refractivity contribution in [3.8, 4) is 0 Å². The van der Waals surface area contributed by atoms with E-state index in [1.807, 2.05) is 22.6 Å². The van der Waals surface area contributed by atoms with Crippen molar-refractivity contribution in [1.29, 1.82) is 0 Å². The van der Waals surface area contributed by atoms with Gasteiger partial charge in [-0.05, 0) is 28.7 Å². The number of rotatable bonds is 3. The average Bonchev–Trinajstić information content (AvgIpc) is 2.20. The van der Waals surface area contributed by atoms with Gasteiger partial charge in [-0.2, -0.15) is 0 Å². The molecule has 0 N–H and O–H groups in total. The van der Waals surface area contributed by atoms with Crippen molar-refractivity contribution in [1.82, 2.24) is 4.98 Å². The van der Waals surface area contributed by atoms with E-state index in [0.29, 0.717) is 8.17 Å². The second-order valence-electron chi connectivity index (χ2n) is 2.84. The number of carbonyl (C=O) groups is 1. The van der Waals surface area contributed by atoms with Crippen LogP contribution in [0.1, 0.15) is 17.7 Å². The topological polar surface area (TPSA) is 39.2 Å². The molecule has 0 aliphatic heterocycles. The Kier molecular flexibility index (Phi) is 5.03. The number of alkyl halides is 2. The van der Waals surface area contributed by atoms with Crippen molar-refractivity contribution in [2.45, 2.75) is 12.8 Å². The molecule has 16 heavy (non-hydrogen) atoms. The molecule has 0 atom stereocenters. The Bertz CT molecular complexity index is 415. The molecule has 1 aromatic heterocycles. The molecule has 0 fully saturated rings. The zero-order chi connectivity index (χ0) is 12.3. The minimum atomic E-state index is -2.72. The third kappa shape index (κ3) is 3.34. The summed E-state index contributed by atoms with van der Waals surface area (Å²) in [4.78, 5) is 14.8. The fourth-order valence-electron chi connectivity index (χ4n) is 1.10. The summed E-state index contributed by atoms with van der Waals surface area (Å²) in [6.45, 7) is 0. The van der Waals surface area contributed by atoms with Crippen LogP contribution in [0.15, 0.2) is 10.5 Å². The van der Waals surface area contributed by atoms with E-state index < -0.39 is 12.4 Å². The van der Waals surface area contributed by atoms with Crippen LogP contribution < -0.4 is 0 Å². The quantitative estimate of drug-likeness (QED) is 0.440. The first-order chi connectivity index (χ1) is 7.45. The molecule has 0 spiro atoms. The highest BCUT2D eigenvalue weighted by molar-refractivity contribution is 14.1. The van der Waals surface area contributed by atoms with Gasteiger partial charge in [0, 0.05) is 10.0 Å². The van der Waals surface area contributed by atoms with Crippen molar-refractivity contribution >= 4 is 44.5 Å². The zero-order valence-electron chi connectivity index (χ0n) is 8.14. The third-order valence-corrected chi connectivity index (χ3v) is 3.09. The molecule has 88 valence electrons. The molecule has 0 unspecified atom stereocenters. The maximum absolute atomic E-state index is 12.7. The van der Waals surface area contributed by atoms with E-state index in [4.69, 9.17) is 0 Å². The third-order valence-electron chi connectivity index (χ3n) is 1.83. The lowest BCUT2D eigenvalue weighted by Crippen LogP contribution is -2.10. The van der Waals surface area contributed by atoms with Crippen LogP contribution in [-0.2, 0) is 16.0 Å². The number of halogens is 4. The van der Waals surface area contributed by atoms with Crippen LogP contribution in [0, 0.1) is 3.70 Å². The van der Waals surface area contributed by atoms with Crippen molar-refractivity contribution in [2.75, 3.05) is 7.11 Å². The summed E-state index contributed by atoms with van der Waals surface area (Å²) in [6, 6.07) is 1.57. The van der Waals surface area contributed by atoms with Crippen LogP contribution in [0.4, 0.5) is 8.78 Å². The van der Waals surface area contributed by atoms with Gasteiger partial charge in [0.05, 0.1) is 13.5 Å². The van der Waals surface area contributed by atoms with Crippen LogP contribution in [0.5, 0.6) is 0 Å². The molecule has 3 nitrogen and oxygen atoms in total. The molecular weight excluding hydrogens is 399 g/mol. The number of ether oxygens (including phenoxy) is 1. The normalized spacial score (nSPS) is 10.6. The molecule has 0 aliphatic carbocycles. The molecule has 0 aromatic carbocycles. The van der Waals surface area contributed by atoms with Gasteiger partial charge in [-0.1, -0.05) is 15.9 Å². The second kappa shape index (κ2) is 5.85. The lowest BCUT2D eigenvalue weighted by molar-refractivity contribution is -0.139. The van der Waals surface area contributed by atoms with E-state index in [1.54, 1.807) is 6.07 Å².